The van der Waals surface area contributed by atoms with Crippen LogP contribution >= 0.6 is 0 Å². The zero-order valence-corrected chi connectivity index (χ0v) is 9.29. The molecule has 7 nitrogen and oxygen atoms in total. The Bertz CT molecular complexity index is 447. The zero-order chi connectivity index (χ0) is 13.0. The minimum atomic E-state index is -0.576. The van der Waals surface area contributed by atoms with Crippen LogP contribution in [0.5, 0.6) is 0 Å². The summed E-state index contributed by atoms with van der Waals surface area (Å²) in [6, 6.07) is 4.30. The number of likely N-dealkylation sites (N-methyl/N-ethyl adjacent to an activating group) is 1. The highest BCUT2D eigenvalue weighted by atomic mass is 16.6. The highest BCUT2D eigenvalue weighted by molar-refractivity contribution is 5.80. The highest BCUT2D eigenvalue weighted by Gasteiger charge is 2.18. The van der Waals surface area contributed by atoms with Crippen molar-refractivity contribution in [2.45, 2.75) is 6.61 Å². The Labute approximate surface area is 97.6 Å². The van der Waals surface area contributed by atoms with E-state index in [9.17, 15) is 14.9 Å². The number of benzene rings is 1. The van der Waals surface area contributed by atoms with Gasteiger partial charge in [0, 0.05) is 13.1 Å². The molecule has 7 heteroatoms. The first-order chi connectivity index (χ1) is 7.95. The Balaban J connectivity index is 3.14. The quantitative estimate of drug-likeness (QED) is 0.555. The number of hydrogen-bond acceptors (Lipinski definition) is 5. The SMILES string of the molecule is CN(CC(N)=O)c1ccc(CO)cc1[N+](=O)[O-]. The van der Waals surface area contributed by atoms with Crippen molar-refractivity contribution in [1.82, 2.24) is 0 Å². The second kappa shape index (κ2) is 5.26. The largest absolute Gasteiger partial charge is 0.392 e. The van der Waals surface area contributed by atoms with Gasteiger partial charge in [0.1, 0.15) is 5.69 Å². The Morgan fingerprint density at radius 1 is 1.59 bits per heavy atom. The number of amides is 1. The average Bonchev–Trinajstić information content (AvgIpc) is 2.27. The lowest BCUT2D eigenvalue weighted by Crippen LogP contribution is -2.30. The van der Waals surface area contributed by atoms with Gasteiger partial charge in [-0.2, -0.15) is 0 Å². The smallest absolute Gasteiger partial charge is 0.292 e. The molecule has 0 saturated carbocycles. The fourth-order valence-corrected chi connectivity index (χ4v) is 1.46. The standard InChI is InChI=1S/C10H13N3O4/c1-12(5-10(11)15)8-3-2-7(6-14)4-9(8)13(16)17/h2-4,14H,5-6H2,1H3,(H2,11,15). The van der Waals surface area contributed by atoms with Crippen LogP contribution < -0.4 is 10.6 Å². The van der Waals surface area contributed by atoms with Gasteiger partial charge in [0.2, 0.25) is 5.91 Å². The molecule has 0 spiro atoms. The van der Waals surface area contributed by atoms with Crippen LogP contribution in [0.25, 0.3) is 0 Å². The van der Waals surface area contributed by atoms with Gasteiger partial charge in [0.25, 0.3) is 5.69 Å². The van der Waals surface area contributed by atoms with Gasteiger partial charge in [-0.05, 0) is 11.6 Å². The van der Waals surface area contributed by atoms with E-state index in [0.29, 0.717) is 5.56 Å². The molecule has 0 unspecified atom stereocenters. The molecule has 0 aromatic heterocycles. The minimum Gasteiger partial charge on any atom is -0.392 e. The van der Waals surface area contributed by atoms with E-state index >= 15 is 0 Å². The first-order valence-corrected chi connectivity index (χ1v) is 4.83. The summed E-state index contributed by atoms with van der Waals surface area (Å²) in [4.78, 5) is 22.4. The lowest BCUT2D eigenvalue weighted by molar-refractivity contribution is -0.384. The van der Waals surface area contributed by atoms with Crippen molar-refractivity contribution in [3.05, 3.63) is 33.9 Å². The maximum absolute atomic E-state index is 10.9. The highest BCUT2D eigenvalue weighted by Crippen LogP contribution is 2.28. The fraction of sp³-hybridized carbons (Fsp3) is 0.300. The molecule has 0 saturated heterocycles. The molecule has 0 aliphatic heterocycles. The molecular weight excluding hydrogens is 226 g/mol. The number of rotatable bonds is 5. The molecule has 0 heterocycles. The summed E-state index contributed by atoms with van der Waals surface area (Å²) in [7, 11) is 1.53. The van der Waals surface area contributed by atoms with Crippen LogP contribution in [0.1, 0.15) is 5.56 Å². The second-order valence-electron chi connectivity index (χ2n) is 3.56. The molecule has 0 aliphatic rings. The van der Waals surface area contributed by atoms with Crippen LogP contribution in [-0.4, -0.2) is 29.5 Å². The number of carbonyl (C=O) groups is 1. The summed E-state index contributed by atoms with van der Waals surface area (Å²) in [5.41, 5.74) is 5.58. The summed E-state index contributed by atoms with van der Waals surface area (Å²) in [5, 5.41) is 19.8. The molecule has 0 bridgehead atoms. The number of nitrogens with zero attached hydrogens (tertiary/aromatic N) is 2. The van der Waals surface area contributed by atoms with E-state index < -0.39 is 10.8 Å². The number of hydrogen-bond donors (Lipinski definition) is 2. The Kier molecular flexibility index (Phi) is 4.00. The number of primary amides is 1. The fourth-order valence-electron chi connectivity index (χ4n) is 1.46. The van der Waals surface area contributed by atoms with Gasteiger partial charge < -0.3 is 15.7 Å². The van der Waals surface area contributed by atoms with Gasteiger partial charge in [0.15, 0.2) is 0 Å². The molecule has 1 amide bonds. The minimum absolute atomic E-state index is 0.112. The van der Waals surface area contributed by atoms with Crippen molar-refractivity contribution in [3.63, 3.8) is 0 Å². The van der Waals surface area contributed by atoms with Crippen molar-refractivity contribution in [1.29, 1.82) is 0 Å². The molecule has 3 N–H and O–H groups in total. The maximum atomic E-state index is 10.9. The van der Waals surface area contributed by atoms with Gasteiger partial charge >= 0.3 is 0 Å². The van der Waals surface area contributed by atoms with Crippen LogP contribution in [0.3, 0.4) is 0 Å². The van der Waals surface area contributed by atoms with Gasteiger partial charge in [0.05, 0.1) is 18.1 Å². The predicted molar refractivity (Wildman–Crippen MR) is 61.5 cm³/mol. The number of nitro benzene ring substituents is 1. The number of aliphatic hydroxyl groups is 1. The molecule has 92 valence electrons. The Morgan fingerprint density at radius 2 is 2.24 bits per heavy atom. The molecule has 17 heavy (non-hydrogen) atoms. The third kappa shape index (κ3) is 3.15. The molecule has 0 aliphatic carbocycles. The van der Waals surface area contributed by atoms with Crippen LogP contribution in [0.4, 0.5) is 11.4 Å². The second-order valence-corrected chi connectivity index (χ2v) is 3.56. The summed E-state index contributed by atoms with van der Waals surface area (Å²) >= 11 is 0. The van der Waals surface area contributed by atoms with E-state index in [4.69, 9.17) is 10.8 Å². The van der Waals surface area contributed by atoms with Crippen molar-refractivity contribution in [2.24, 2.45) is 5.73 Å². The van der Waals surface area contributed by atoms with Crippen molar-refractivity contribution in [2.75, 3.05) is 18.5 Å². The first kappa shape index (κ1) is 12.9. The van der Waals surface area contributed by atoms with Gasteiger partial charge in [-0.1, -0.05) is 6.07 Å². The van der Waals surface area contributed by atoms with E-state index in [0.717, 1.165) is 0 Å². The number of anilines is 1. The summed E-state index contributed by atoms with van der Waals surface area (Å²) < 4.78 is 0. The van der Waals surface area contributed by atoms with Crippen molar-refractivity contribution in [3.8, 4) is 0 Å². The van der Waals surface area contributed by atoms with E-state index in [2.05, 4.69) is 0 Å². The number of aliphatic hydroxyl groups excluding tert-OH is 1. The van der Waals surface area contributed by atoms with E-state index in [-0.39, 0.29) is 24.5 Å². The maximum Gasteiger partial charge on any atom is 0.292 e. The van der Waals surface area contributed by atoms with E-state index in [1.54, 1.807) is 6.07 Å². The molecule has 0 atom stereocenters. The molecule has 0 radical (unpaired) electrons. The van der Waals surface area contributed by atoms with Crippen molar-refractivity contribution >= 4 is 17.3 Å². The molecule has 1 aromatic carbocycles. The molecule has 1 aromatic rings. The third-order valence-corrected chi connectivity index (χ3v) is 2.22. The zero-order valence-electron chi connectivity index (χ0n) is 9.29. The van der Waals surface area contributed by atoms with Crippen LogP contribution in [0.2, 0.25) is 0 Å². The van der Waals surface area contributed by atoms with Crippen LogP contribution in [0, 0.1) is 10.1 Å². The van der Waals surface area contributed by atoms with Gasteiger partial charge in [-0.3, -0.25) is 14.9 Å². The monoisotopic (exact) mass is 239 g/mol. The lowest BCUT2D eigenvalue weighted by Gasteiger charge is -2.17. The molecule has 1 rings (SSSR count). The van der Waals surface area contributed by atoms with E-state index in [1.165, 1.54) is 24.1 Å². The Morgan fingerprint density at radius 3 is 2.71 bits per heavy atom. The van der Waals surface area contributed by atoms with E-state index in [1.807, 2.05) is 0 Å². The third-order valence-electron chi connectivity index (χ3n) is 2.22. The van der Waals surface area contributed by atoms with Crippen LogP contribution in [-0.2, 0) is 11.4 Å². The van der Waals surface area contributed by atoms with Crippen LogP contribution in [0.15, 0.2) is 18.2 Å². The number of nitro groups is 1. The van der Waals surface area contributed by atoms with Gasteiger partial charge in [-0.15, -0.1) is 0 Å². The lowest BCUT2D eigenvalue weighted by atomic mass is 10.1. The number of carbonyl (C=O) groups excluding carboxylic acids is 1. The Hall–Kier alpha value is -2.15. The summed E-state index contributed by atoms with van der Waals surface area (Å²) in [6.07, 6.45) is 0. The first-order valence-electron chi connectivity index (χ1n) is 4.83. The average molecular weight is 239 g/mol. The summed E-state index contributed by atoms with van der Waals surface area (Å²) in [6.45, 7) is -0.389. The predicted octanol–water partition coefficient (Wildman–Crippen LogP) is 0.00860. The topological polar surface area (TPSA) is 110 Å². The molecule has 0 fully saturated rings. The molecular formula is C10H13N3O4. The normalized spacial score (nSPS) is 10.0. The van der Waals surface area contributed by atoms with Gasteiger partial charge in [-0.25, -0.2) is 0 Å². The number of nitrogens with two attached hydrogens (primary N) is 1. The van der Waals surface area contributed by atoms with Crippen molar-refractivity contribution < 1.29 is 14.8 Å². The summed E-state index contributed by atoms with van der Waals surface area (Å²) in [5.74, 6) is -0.576.